The van der Waals surface area contributed by atoms with Crippen molar-refractivity contribution >= 4 is 35.8 Å². The van der Waals surface area contributed by atoms with Gasteiger partial charge in [0.25, 0.3) is 0 Å². The third-order valence-electron chi connectivity index (χ3n) is 3.90. The van der Waals surface area contributed by atoms with Gasteiger partial charge in [-0.1, -0.05) is 19.8 Å². The number of nitrogens with one attached hydrogen (secondary N) is 2. The van der Waals surface area contributed by atoms with Crippen LogP contribution in [0.15, 0.2) is 4.99 Å². The SMILES string of the molecule is COCCNC(=NCC(=O)N(C)C)NC1CCCCC1C.I. The predicted octanol–water partition coefficient (Wildman–Crippen LogP) is 1.45. The molecule has 2 atom stereocenters. The van der Waals surface area contributed by atoms with Crippen LogP contribution in [0.3, 0.4) is 0 Å². The van der Waals surface area contributed by atoms with Crippen molar-refractivity contribution in [2.24, 2.45) is 10.9 Å². The van der Waals surface area contributed by atoms with Gasteiger partial charge in [-0.15, -0.1) is 24.0 Å². The van der Waals surface area contributed by atoms with Crippen LogP contribution in [0, 0.1) is 5.92 Å². The molecule has 2 N–H and O–H groups in total. The van der Waals surface area contributed by atoms with Crippen molar-refractivity contribution in [1.29, 1.82) is 0 Å². The Hall–Kier alpha value is -0.570. The van der Waals surface area contributed by atoms with Crippen molar-refractivity contribution < 1.29 is 9.53 Å². The summed E-state index contributed by atoms with van der Waals surface area (Å²) in [6, 6.07) is 0.432. The first-order valence-corrected chi connectivity index (χ1v) is 7.78. The molecule has 130 valence electrons. The molecular weight excluding hydrogens is 395 g/mol. The van der Waals surface area contributed by atoms with E-state index >= 15 is 0 Å². The fraction of sp³-hybridized carbons (Fsp3) is 0.867. The summed E-state index contributed by atoms with van der Waals surface area (Å²) in [5, 5.41) is 6.70. The largest absolute Gasteiger partial charge is 0.383 e. The monoisotopic (exact) mass is 426 g/mol. The zero-order chi connectivity index (χ0) is 15.7. The molecule has 1 aliphatic rings. The second kappa shape index (κ2) is 11.9. The number of carbonyl (C=O) groups is 1. The lowest BCUT2D eigenvalue weighted by molar-refractivity contribution is -0.127. The van der Waals surface area contributed by atoms with Gasteiger partial charge in [-0.3, -0.25) is 4.79 Å². The number of likely N-dealkylation sites (N-methyl/N-ethyl adjacent to an activating group) is 1. The highest BCUT2D eigenvalue weighted by molar-refractivity contribution is 14.0. The fourth-order valence-electron chi connectivity index (χ4n) is 2.42. The molecule has 2 unspecified atom stereocenters. The third kappa shape index (κ3) is 8.17. The van der Waals surface area contributed by atoms with Crippen molar-refractivity contribution in [2.75, 3.05) is 40.9 Å². The number of nitrogens with zero attached hydrogens (tertiary/aromatic N) is 2. The topological polar surface area (TPSA) is 66.0 Å². The highest BCUT2D eigenvalue weighted by Gasteiger charge is 2.22. The smallest absolute Gasteiger partial charge is 0.243 e. The molecule has 0 aromatic heterocycles. The molecule has 22 heavy (non-hydrogen) atoms. The van der Waals surface area contributed by atoms with Crippen LogP contribution >= 0.6 is 24.0 Å². The van der Waals surface area contributed by atoms with Crippen LogP contribution in [0.25, 0.3) is 0 Å². The number of ether oxygens (including phenoxy) is 1. The molecule has 0 radical (unpaired) electrons. The molecule has 6 nitrogen and oxygen atoms in total. The van der Waals surface area contributed by atoms with Gasteiger partial charge in [-0.25, -0.2) is 4.99 Å². The molecule has 0 heterocycles. The van der Waals surface area contributed by atoms with Crippen molar-refractivity contribution in [3.63, 3.8) is 0 Å². The van der Waals surface area contributed by atoms with Gasteiger partial charge in [0.15, 0.2) is 5.96 Å². The molecule has 0 aliphatic heterocycles. The maximum absolute atomic E-state index is 11.7. The molecule has 0 aromatic carbocycles. The van der Waals surface area contributed by atoms with Crippen LogP contribution in [0.2, 0.25) is 0 Å². The van der Waals surface area contributed by atoms with Crippen molar-refractivity contribution in [2.45, 2.75) is 38.6 Å². The molecule has 1 amide bonds. The molecular formula is C15H31IN4O2. The average Bonchev–Trinajstić information content (AvgIpc) is 2.46. The van der Waals surface area contributed by atoms with E-state index in [1.165, 1.54) is 19.3 Å². The molecule has 0 saturated heterocycles. The normalized spacial score (nSPS) is 21.7. The summed E-state index contributed by atoms with van der Waals surface area (Å²) < 4.78 is 5.05. The number of carbonyl (C=O) groups excluding carboxylic acids is 1. The Kier molecular flexibility index (Phi) is 11.6. The molecule has 0 bridgehead atoms. The molecule has 1 rings (SSSR count). The number of hydrogen-bond acceptors (Lipinski definition) is 3. The van der Waals surface area contributed by atoms with Crippen LogP contribution in [0.1, 0.15) is 32.6 Å². The van der Waals surface area contributed by atoms with Gasteiger partial charge in [0, 0.05) is 33.8 Å². The van der Waals surface area contributed by atoms with Gasteiger partial charge in [0.05, 0.1) is 6.61 Å². The standard InChI is InChI=1S/C15H30N4O2.HI/c1-12-7-5-6-8-13(12)18-15(16-9-10-21-4)17-11-14(20)19(2)3;/h12-13H,5-11H2,1-4H3,(H2,16,17,18);1H. The van der Waals surface area contributed by atoms with Crippen LogP contribution < -0.4 is 10.6 Å². The van der Waals surface area contributed by atoms with Crippen molar-refractivity contribution in [3.05, 3.63) is 0 Å². The lowest BCUT2D eigenvalue weighted by Crippen LogP contribution is -2.48. The number of aliphatic imine (C=N–C) groups is 1. The summed E-state index contributed by atoms with van der Waals surface area (Å²) in [5.41, 5.74) is 0. The molecule has 0 aromatic rings. The lowest BCUT2D eigenvalue weighted by Gasteiger charge is -2.31. The Balaban J connectivity index is 0.00000441. The second-order valence-corrected chi connectivity index (χ2v) is 5.89. The summed E-state index contributed by atoms with van der Waals surface area (Å²) >= 11 is 0. The van der Waals surface area contributed by atoms with E-state index in [-0.39, 0.29) is 36.4 Å². The van der Waals surface area contributed by atoms with Crippen LogP contribution in [-0.2, 0) is 9.53 Å². The minimum atomic E-state index is -0.000431. The van der Waals surface area contributed by atoms with Crippen molar-refractivity contribution in [3.8, 4) is 0 Å². The first-order valence-electron chi connectivity index (χ1n) is 7.78. The van der Waals surface area contributed by atoms with E-state index in [1.54, 1.807) is 26.1 Å². The Morgan fingerprint density at radius 3 is 2.59 bits per heavy atom. The highest BCUT2D eigenvalue weighted by Crippen LogP contribution is 2.23. The van der Waals surface area contributed by atoms with E-state index in [0.717, 1.165) is 6.42 Å². The zero-order valence-corrected chi connectivity index (χ0v) is 16.6. The summed E-state index contributed by atoms with van der Waals surface area (Å²) in [5.74, 6) is 1.35. The summed E-state index contributed by atoms with van der Waals surface area (Å²) in [7, 11) is 5.16. The number of halogens is 1. The number of hydrogen-bond donors (Lipinski definition) is 2. The molecule has 7 heteroatoms. The highest BCUT2D eigenvalue weighted by atomic mass is 127. The summed E-state index contributed by atoms with van der Waals surface area (Å²) in [4.78, 5) is 17.6. The lowest BCUT2D eigenvalue weighted by atomic mass is 9.86. The number of rotatable bonds is 6. The van der Waals surface area contributed by atoms with Gasteiger partial charge in [-0.2, -0.15) is 0 Å². The third-order valence-corrected chi connectivity index (χ3v) is 3.90. The maximum atomic E-state index is 11.7. The molecule has 0 spiro atoms. The van der Waals surface area contributed by atoms with E-state index in [9.17, 15) is 4.79 Å². The van der Waals surface area contributed by atoms with E-state index < -0.39 is 0 Å². The number of methoxy groups -OCH3 is 1. The van der Waals surface area contributed by atoms with Gasteiger partial charge < -0.3 is 20.3 Å². The number of amides is 1. The van der Waals surface area contributed by atoms with E-state index in [2.05, 4.69) is 22.5 Å². The van der Waals surface area contributed by atoms with Crippen LogP contribution in [0.4, 0.5) is 0 Å². The average molecular weight is 426 g/mol. The molecule has 1 aliphatic carbocycles. The van der Waals surface area contributed by atoms with Crippen molar-refractivity contribution in [1.82, 2.24) is 15.5 Å². The first kappa shape index (κ1) is 21.4. The van der Waals surface area contributed by atoms with Gasteiger partial charge >= 0.3 is 0 Å². The van der Waals surface area contributed by atoms with Gasteiger partial charge in [0.1, 0.15) is 6.54 Å². The van der Waals surface area contributed by atoms with E-state index in [0.29, 0.717) is 31.1 Å². The summed E-state index contributed by atoms with van der Waals surface area (Å²) in [6.45, 7) is 3.73. The van der Waals surface area contributed by atoms with Crippen LogP contribution in [-0.4, -0.2) is 63.7 Å². The van der Waals surface area contributed by atoms with Gasteiger partial charge in [0.2, 0.25) is 5.91 Å². The minimum Gasteiger partial charge on any atom is -0.383 e. The maximum Gasteiger partial charge on any atom is 0.243 e. The Morgan fingerprint density at radius 2 is 2.00 bits per heavy atom. The fourth-order valence-corrected chi connectivity index (χ4v) is 2.42. The van der Waals surface area contributed by atoms with E-state index in [4.69, 9.17) is 4.74 Å². The first-order chi connectivity index (χ1) is 10.0. The molecule has 1 saturated carbocycles. The Bertz CT molecular complexity index is 350. The zero-order valence-electron chi connectivity index (χ0n) is 14.2. The summed E-state index contributed by atoms with van der Waals surface area (Å²) in [6.07, 6.45) is 4.97. The molecule has 1 fully saturated rings. The predicted molar refractivity (Wildman–Crippen MR) is 101 cm³/mol. The minimum absolute atomic E-state index is 0. The van der Waals surface area contributed by atoms with Gasteiger partial charge in [-0.05, 0) is 18.8 Å². The van der Waals surface area contributed by atoms with E-state index in [1.807, 2.05) is 0 Å². The van der Waals surface area contributed by atoms with Crippen LogP contribution in [0.5, 0.6) is 0 Å². The number of guanidine groups is 1. The Morgan fingerprint density at radius 1 is 1.32 bits per heavy atom. The quantitative estimate of drug-likeness (QED) is 0.292. The second-order valence-electron chi connectivity index (χ2n) is 5.89. The Labute approximate surface area is 151 Å².